The van der Waals surface area contributed by atoms with Crippen LogP contribution in [-0.4, -0.2) is 18.6 Å². The first kappa shape index (κ1) is 12.7. The summed E-state index contributed by atoms with van der Waals surface area (Å²) < 4.78 is 5.66. The van der Waals surface area contributed by atoms with Crippen LogP contribution in [0.3, 0.4) is 0 Å². The van der Waals surface area contributed by atoms with Crippen molar-refractivity contribution in [3.05, 3.63) is 0 Å². The monoisotopic (exact) mass is 244 g/mol. The molecule has 0 aromatic carbocycles. The molecular formula is C14H25ClO. The lowest BCUT2D eigenvalue weighted by molar-refractivity contribution is 0.1000. The van der Waals surface area contributed by atoms with Crippen LogP contribution in [-0.2, 0) is 4.74 Å². The van der Waals surface area contributed by atoms with Gasteiger partial charge in [-0.05, 0) is 37.5 Å². The van der Waals surface area contributed by atoms with Crippen LogP contribution in [0.4, 0.5) is 0 Å². The predicted molar refractivity (Wildman–Crippen MR) is 69.0 cm³/mol. The van der Waals surface area contributed by atoms with Gasteiger partial charge in [0.15, 0.2) is 0 Å². The SMILES string of the molecule is ClCC(CCCC1CCCO1)C1CCCC1. The second kappa shape index (κ2) is 6.86. The third-order valence-electron chi connectivity index (χ3n) is 4.39. The Morgan fingerprint density at radius 3 is 2.56 bits per heavy atom. The van der Waals surface area contributed by atoms with E-state index in [1.165, 1.54) is 57.8 Å². The van der Waals surface area contributed by atoms with Crippen molar-refractivity contribution in [1.82, 2.24) is 0 Å². The van der Waals surface area contributed by atoms with E-state index in [4.69, 9.17) is 16.3 Å². The first-order chi connectivity index (χ1) is 7.90. The lowest BCUT2D eigenvalue weighted by Gasteiger charge is -2.21. The fraction of sp³-hybridized carbons (Fsp3) is 1.00. The Morgan fingerprint density at radius 2 is 1.94 bits per heavy atom. The third-order valence-corrected chi connectivity index (χ3v) is 4.79. The molecule has 2 fully saturated rings. The number of hydrogen-bond donors (Lipinski definition) is 0. The van der Waals surface area contributed by atoms with Gasteiger partial charge in [0.2, 0.25) is 0 Å². The van der Waals surface area contributed by atoms with E-state index < -0.39 is 0 Å². The lowest BCUT2D eigenvalue weighted by Crippen LogP contribution is -2.14. The maximum Gasteiger partial charge on any atom is 0.0576 e. The summed E-state index contributed by atoms with van der Waals surface area (Å²) in [4.78, 5) is 0. The molecule has 0 radical (unpaired) electrons. The second-order valence-electron chi connectivity index (χ2n) is 5.52. The van der Waals surface area contributed by atoms with E-state index in [1.54, 1.807) is 0 Å². The van der Waals surface area contributed by atoms with Crippen molar-refractivity contribution in [3.8, 4) is 0 Å². The van der Waals surface area contributed by atoms with Crippen LogP contribution < -0.4 is 0 Å². The van der Waals surface area contributed by atoms with Gasteiger partial charge in [0.1, 0.15) is 0 Å². The van der Waals surface area contributed by atoms with E-state index in [1.807, 2.05) is 0 Å². The number of hydrogen-bond acceptors (Lipinski definition) is 1. The van der Waals surface area contributed by atoms with Crippen molar-refractivity contribution in [2.24, 2.45) is 11.8 Å². The standard InChI is InChI=1S/C14H25ClO/c15-11-13(12-5-1-2-6-12)7-3-8-14-9-4-10-16-14/h12-14H,1-11H2. The highest BCUT2D eigenvalue weighted by Crippen LogP contribution is 2.35. The average molecular weight is 245 g/mol. The molecule has 1 nitrogen and oxygen atoms in total. The summed E-state index contributed by atoms with van der Waals surface area (Å²) in [5.74, 6) is 2.59. The zero-order valence-electron chi connectivity index (χ0n) is 10.3. The highest BCUT2D eigenvalue weighted by molar-refractivity contribution is 6.18. The van der Waals surface area contributed by atoms with Gasteiger partial charge in [-0.3, -0.25) is 0 Å². The van der Waals surface area contributed by atoms with Crippen LogP contribution in [0.1, 0.15) is 57.8 Å². The van der Waals surface area contributed by atoms with E-state index >= 15 is 0 Å². The Bertz CT molecular complexity index is 183. The van der Waals surface area contributed by atoms with Crippen molar-refractivity contribution in [3.63, 3.8) is 0 Å². The molecule has 2 aliphatic rings. The maximum atomic E-state index is 6.11. The maximum absolute atomic E-state index is 6.11. The molecule has 2 atom stereocenters. The first-order valence-electron chi connectivity index (χ1n) is 7.07. The van der Waals surface area contributed by atoms with Crippen LogP contribution in [0.5, 0.6) is 0 Å². The molecule has 2 rings (SSSR count). The molecule has 0 aromatic heterocycles. The highest BCUT2D eigenvalue weighted by atomic mass is 35.5. The molecule has 1 saturated carbocycles. The summed E-state index contributed by atoms with van der Waals surface area (Å²) in [7, 11) is 0. The average Bonchev–Trinajstić information content (AvgIpc) is 2.96. The van der Waals surface area contributed by atoms with Crippen LogP contribution in [0.15, 0.2) is 0 Å². The summed E-state index contributed by atoms with van der Waals surface area (Å²) in [5.41, 5.74) is 0. The van der Waals surface area contributed by atoms with E-state index in [0.717, 1.165) is 24.3 Å². The van der Waals surface area contributed by atoms with Crippen molar-refractivity contribution in [1.29, 1.82) is 0 Å². The Balaban J connectivity index is 1.62. The molecule has 94 valence electrons. The second-order valence-corrected chi connectivity index (χ2v) is 5.83. The summed E-state index contributed by atoms with van der Waals surface area (Å²) in [6.07, 6.45) is 12.8. The fourth-order valence-corrected chi connectivity index (χ4v) is 3.75. The molecule has 1 heterocycles. The highest BCUT2D eigenvalue weighted by Gasteiger charge is 2.24. The van der Waals surface area contributed by atoms with Crippen LogP contribution in [0.2, 0.25) is 0 Å². The van der Waals surface area contributed by atoms with Crippen LogP contribution in [0, 0.1) is 11.8 Å². The summed E-state index contributed by atoms with van der Waals surface area (Å²) >= 11 is 6.11. The number of halogens is 1. The molecule has 0 amide bonds. The van der Waals surface area contributed by atoms with Crippen molar-refractivity contribution in [2.75, 3.05) is 12.5 Å². The summed E-state index contributed by atoms with van der Waals surface area (Å²) in [6.45, 7) is 0.992. The molecule has 1 saturated heterocycles. The minimum Gasteiger partial charge on any atom is -0.378 e. The normalized spacial score (nSPS) is 28.7. The zero-order chi connectivity index (χ0) is 11.2. The van der Waals surface area contributed by atoms with Gasteiger partial charge >= 0.3 is 0 Å². The van der Waals surface area contributed by atoms with E-state index in [9.17, 15) is 0 Å². The van der Waals surface area contributed by atoms with Crippen molar-refractivity contribution in [2.45, 2.75) is 63.9 Å². The van der Waals surface area contributed by atoms with Gasteiger partial charge in [-0.1, -0.05) is 32.1 Å². The molecule has 1 aliphatic heterocycles. The quantitative estimate of drug-likeness (QED) is 0.630. The predicted octanol–water partition coefficient (Wildman–Crippen LogP) is 4.38. The minimum absolute atomic E-state index is 0.569. The Hall–Kier alpha value is 0.250. The molecule has 16 heavy (non-hydrogen) atoms. The smallest absolute Gasteiger partial charge is 0.0576 e. The van der Waals surface area contributed by atoms with Crippen molar-refractivity contribution < 1.29 is 4.74 Å². The Morgan fingerprint density at radius 1 is 1.12 bits per heavy atom. The number of ether oxygens (including phenoxy) is 1. The minimum atomic E-state index is 0.569. The van der Waals surface area contributed by atoms with Gasteiger partial charge < -0.3 is 4.74 Å². The number of alkyl halides is 1. The van der Waals surface area contributed by atoms with Crippen molar-refractivity contribution >= 4 is 11.6 Å². The van der Waals surface area contributed by atoms with Gasteiger partial charge in [-0.25, -0.2) is 0 Å². The van der Waals surface area contributed by atoms with Crippen LogP contribution in [0.25, 0.3) is 0 Å². The van der Waals surface area contributed by atoms with Crippen LogP contribution >= 0.6 is 11.6 Å². The number of rotatable bonds is 6. The molecule has 0 aromatic rings. The lowest BCUT2D eigenvalue weighted by atomic mass is 9.87. The Kier molecular flexibility index (Phi) is 5.44. The Labute approximate surface area is 105 Å². The van der Waals surface area contributed by atoms with Gasteiger partial charge in [-0.2, -0.15) is 0 Å². The fourth-order valence-electron chi connectivity index (χ4n) is 3.35. The molecule has 0 bridgehead atoms. The first-order valence-corrected chi connectivity index (χ1v) is 7.61. The molecule has 2 heteroatoms. The van der Waals surface area contributed by atoms with Gasteiger partial charge in [-0.15, -0.1) is 11.6 Å². The van der Waals surface area contributed by atoms with Gasteiger partial charge in [0.25, 0.3) is 0 Å². The van der Waals surface area contributed by atoms with Gasteiger partial charge in [0, 0.05) is 12.5 Å². The van der Waals surface area contributed by atoms with E-state index in [2.05, 4.69) is 0 Å². The third kappa shape index (κ3) is 3.63. The van der Waals surface area contributed by atoms with Gasteiger partial charge in [0.05, 0.1) is 6.10 Å². The molecule has 2 unspecified atom stereocenters. The summed E-state index contributed by atoms with van der Waals surface area (Å²) in [6, 6.07) is 0. The molecule has 1 aliphatic carbocycles. The molecule has 0 N–H and O–H groups in total. The molecule has 0 spiro atoms. The largest absolute Gasteiger partial charge is 0.378 e. The van der Waals surface area contributed by atoms with E-state index in [-0.39, 0.29) is 0 Å². The summed E-state index contributed by atoms with van der Waals surface area (Å²) in [5, 5.41) is 0. The zero-order valence-corrected chi connectivity index (χ0v) is 11.1. The topological polar surface area (TPSA) is 9.23 Å². The van der Waals surface area contributed by atoms with E-state index in [0.29, 0.717) is 6.10 Å². The molecular weight excluding hydrogens is 220 g/mol.